The quantitative estimate of drug-likeness (QED) is 0.287. The van der Waals surface area contributed by atoms with Gasteiger partial charge in [-0.3, -0.25) is 14.4 Å². The van der Waals surface area contributed by atoms with Gasteiger partial charge < -0.3 is 25.6 Å². The maximum absolute atomic E-state index is 13.0. The number of methoxy groups -OCH3 is 1. The highest BCUT2D eigenvalue weighted by atomic mass is 32.2. The van der Waals surface area contributed by atoms with Gasteiger partial charge in [0.05, 0.1) is 65.3 Å². The van der Waals surface area contributed by atoms with E-state index in [0.717, 1.165) is 24.2 Å². The van der Waals surface area contributed by atoms with Crippen LogP contribution < -0.4 is 20.7 Å². The zero-order chi connectivity index (χ0) is 30.9. The van der Waals surface area contributed by atoms with Crippen molar-refractivity contribution in [1.29, 1.82) is 0 Å². The number of nitrogens with one attached hydrogen (secondary N) is 3. The highest BCUT2D eigenvalue weighted by Gasteiger charge is 2.31. The van der Waals surface area contributed by atoms with E-state index in [1.54, 1.807) is 18.2 Å². The van der Waals surface area contributed by atoms with E-state index in [0.29, 0.717) is 26.9 Å². The number of nitrogens with zero attached hydrogens (tertiary/aromatic N) is 4. The molecule has 1 aliphatic heterocycles. The Hall–Kier alpha value is -3.92. The van der Waals surface area contributed by atoms with Crippen LogP contribution in [0, 0.1) is 5.92 Å². The number of hydrogen-bond donors (Lipinski definition) is 3. The molecule has 216 valence electrons. The molecule has 0 unspecified atom stereocenters. The molecule has 13 nitrogen and oxygen atoms in total. The number of ether oxygens (including phenoxy) is 1. The second-order valence-corrected chi connectivity index (χ2v) is 13.5. The van der Waals surface area contributed by atoms with Crippen LogP contribution in [-0.2, 0) is 14.6 Å². The van der Waals surface area contributed by atoms with E-state index in [1.807, 2.05) is 0 Å². The van der Waals surface area contributed by atoms with Gasteiger partial charge in [0, 0.05) is 25.1 Å². The molecule has 2 aliphatic rings. The van der Waals surface area contributed by atoms with Crippen molar-refractivity contribution in [1.82, 2.24) is 25.4 Å². The Balaban J connectivity index is 1.44. The number of carbonyl (C=O) groups excluding carboxylic acids is 3. The lowest BCUT2D eigenvalue weighted by Gasteiger charge is -2.26. The Bertz CT molecular complexity index is 1680. The molecule has 3 heterocycles. The summed E-state index contributed by atoms with van der Waals surface area (Å²) in [6.07, 6.45) is 3.00. The molecule has 5 rings (SSSR count). The van der Waals surface area contributed by atoms with Crippen molar-refractivity contribution in [3.63, 3.8) is 0 Å². The summed E-state index contributed by atoms with van der Waals surface area (Å²) in [7, 11) is 14.9. The fraction of sp³-hybridized carbons (Fsp3) is 0.360. The van der Waals surface area contributed by atoms with Crippen LogP contribution in [0.15, 0.2) is 30.5 Å². The molecule has 1 saturated carbocycles. The lowest BCUT2D eigenvalue weighted by molar-refractivity contribution is -0.117. The Morgan fingerprint density at radius 3 is 2.47 bits per heavy atom. The van der Waals surface area contributed by atoms with E-state index in [9.17, 15) is 22.8 Å². The Morgan fingerprint density at radius 1 is 1.09 bits per heavy atom. The first-order valence-electron chi connectivity index (χ1n) is 13.1. The molecular formula is C25H24B3N7O6S2. The molecule has 2 aromatic heterocycles. The number of hydrogen-bond acceptors (Lipinski definition) is 11. The molecular weight excluding hydrogens is 591 g/mol. The number of para-hydroxylation sites is 1. The van der Waals surface area contributed by atoms with Gasteiger partial charge in [-0.25, -0.2) is 13.4 Å². The maximum atomic E-state index is 13.0. The van der Waals surface area contributed by atoms with Gasteiger partial charge in [-0.2, -0.15) is 0 Å². The lowest BCUT2D eigenvalue weighted by atomic mass is 9.49. The Kier molecular flexibility index (Phi) is 8.52. The number of thiazole rings is 1. The van der Waals surface area contributed by atoms with Crippen molar-refractivity contribution in [3.8, 4) is 16.3 Å². The van der Waals surface area contributed by atoms with Crippen LogP contribution in [0.4, 0.5) is 17.2 Å². The number of aromatic nitrogens is 3. The number of rotatable bonds is 9. The van der Waals surface area contributed by atoms with Gasteiger partial charge in [-0.1, -0.05) is 11.3 Å². The average Bonchev–Trinajstić information content (AvgIpc) is 3.68. The third kappa shape index (κ3) is 7.36. The summed E-state index contributed by atoms with van der Waals surface area (Å²) >= 11 is 1.13. The van der Waals surface area contributed by atoms with Gasteiger partial charge >= 0.3 is 0 Å². The average molecular weight is 615 g/mol. The molecule has 6 radical (unpaired) electrons. The summed E-state index contributed by atoms with van der Waals surface area (Å²) in [5, 5.41) is 14.3. The van der Waals surface area contributed by atoms with Crippen LogP contribution in [0.3, 0.4) is 0 Å². The molecule has 18 heteroatoms. The van der Waals surface area contributed by atoms with Crippen LogP contribution in [-0.4, -0.2) is 107 Å². The minimum Gasteiger partial charge on any atom is -0.494 e. The normalized spacial score (nSPS) is 16.3. The third-order valence-corrected chi connectivity index (χ3v) is 9.23. The van der Waals surface area contributed by atoms with Crippen molar-refractivity contribution in [3.05, 3.63) is 41.0 Å². The van der Waals surface area contributed by atoms with E-state index < -0.39 is 21.0 Å². The molecule has 3 amide bonds. The van der Waals surface area contributed by atoms with Crippen LogP contribution in [0.5, 0.6) is 5.75 Å². The van der Waals surface area contributed by atoms with Gasteiger partial charge in [0.15, 0.2) is 27.1 Å². The molecule has 0 bridgehead atoms. The first-order chi connectivity index (χ1) is 20.3. The molecule has 3 aromatic rings. The molecule has 0 atom stereocenters. The van der Waals surface area contributed by atoms with Crippen molar-refractivity contribution < 1.29 is 27.5 Å². The molecule has 43 heavy (non-hydrogen) atoms. The Labute approximate surface area is 255 Å². The highest BCUT2D eigenvalue weighted by Crippen LogP contribution is 2.40. The van der Waals surface area contributed by atoms with Gasteiger partial charge in [-0.05, 0) is 25.0 Å². The third-order valence-electron chi connectivity index (χ3n) is 6.61. The van der Waals surface area contributed by atoms with Gasteiger partial charge in [0.1, 0.15) is 9.88 Å². The van der Waals surface area contributed by atoms with Crippen molar-refractivity contribution in [2.75, 3.05) is 42.3 Å². The molecule has 1 saturated heterocycles. The minimum absolute atomic E-state index is 0.0788. The predicted molar refractivity (Wildman–Crippen MR) is 163 cm³/mol. The first-order valence-corrected chi connectivity index (χ1v) is 15.7. The van der Waals surface area contributed by atoms with Gasteiger partial charge in [0.25, 0.3) is 11.8 Å². The van der Waals surface area contributed by atoms with Crippen molar-refractivity contribution in [2.45, 2.75) is 18.1 Å². The van der Waals surface area contributed by atoms with Crippen molar-refractivity contribution in [2.24, 2.45) is 5.92 Å². The number of anilines is 3. The minimum atomic E-state index is -3.14. The monoisotopic (exact) mass is 615 g/mol. The number of amides is 3. The zero-order valence-corrected chi connectivity index (χ0v) is 24.6. The van der Waals surface area contributed by atoms with E-state index in [-0.39, 0.29) is 59.5 Å². The first kappa shape index (κ1) is 30.5. The SMILES string of the molecule is [B]C([B])([B])NC(=O)c1nnc(NC(=O)C2CC2)cc1Nc1cccc(-c2ncc(C(=O)N3CCS(=O)(=O)CC3)s2)c1OC. The fourth-order valence-corrected chi connectivity index (χ4v) is 6.39. The number of carbonyl (C=O) groups is 3. The van der Waals surface area contributed by atoms with Crippen LogP contribution in [0.2, 0.25) is 0 Å². The molecule has 3 N–H and O–H groups in total. The van der Waals surface area contributed by atoms with Crippen LogP contribution in [0.1, 0.15) is 33.0 Å². The van der Waals surface area contributed by atoms with E-state index in [1.165, 1.54) is 24.3 Å². The molecule has 1 aliphatic carbocycles. The summed E-state index contributed by atoms with van der Waals surface area (Å²) < 4.78 is 29.2. The molecule has 0 spiro atoms. The summed E-state index contributed by atoms with van der Waals surface area (Å²) in [6, 6.07) is 6.57. The zero-order valence-electron chi connectivity index (χ0n) is 23.0. The van der Waals surface area contributed by atoms with Crippen molar-refractivity contribution >= 4 is 79.6 Å². The molecule has 1 aromatic carbocycles. The lowest BCUT2D eigenvalue weighted by Crippen LogP contribution is -2.50. The van der Waals surface area contributed by atoms with Crippen LogP contribution >= 0.6 is 11.3 Å². The van der Waals surface area contributed by atoms with Crippen LogP contribution in [0.25, 0.3) is 10.6 Å². The Morgan fingerprint density at radius 2 is 1.81 bits per heavy atom. The molecule has 2 fully saturated rings. The fourth-order valence-electron chi connectivity index (χ4n) is 4.28. The largest absolute Gasteiger partial charge is 0.494 e. The van der Waals surface area contributed by atoms with E-state index in [4.69, 9.17) is 28.3 Å². The van der Waals surface area contributed by atoms with Gasteiger partial charge in [0.2, 0.25) is 5.91 Å². The summed E-state index contributed by atoms with van der Waals surface area (Å²) in [6.45, 7) is 0.241. The topological polar surface area (TPSA) is 173 Å². The number of sulfone groups is 1. The summed E-state index contributed by atoms with van der Waals surface area (Å²) in [5.74, 6) is -1.15. The maximum Gasteiger partial charge on any atom is 0.272 e. The van der Waals surface area contributed by atoms with Gasteiger partial charge in [-0.15, -0.1) is 21.5 Å². The second-order valence-electron chi connectivity index (χ2n) is 10.1. The summed E-state index contributed by atoms with van der Waals surface area (Å²) in [4.78, 5) is 44.5. The standard InChI is InChI=1S/C25H24B3N7O6S2/c1-41-20-14(23-29-12-17(42-23)24(38)35-7-9-43(39,40)10-8-35)3-2-4-15(20)30-16-11-18(31-21(36)13-5-6-13)33-34-19(16)22(37)32-25(26,27)28/h2-4,11-13H,5-10H2,1H3,(H,32,37)(H2,30,31,33,36). The highest BCUT2D eigenvalue weighted by molar-refractivity contribution is 7.91. The predicted octanol–water partition coefficient (Wildman–Crippen LogP) is 0.418. The van der Waals surface area contributed by atoms with E-state index in [2.05, 4.69) is 31.1 Å². The summed E-state index contributed by atoms with van der Waals surface area (Å²) in [5.41, 5.74) is 0.852. The smallest absolute Gasteiger partial charge is 0.272 e. The second kappa shape index (κ2) is 12.0. The van der Waals surface area contributed by atoms with E-state index >= 15 is 0 Å². The number of benzene rings is 1.